The molecule has 0 N–H and O–H groups in total. The van der Waals surface area contributed by atoms with Gasteiger partial charge in [-0.15, -0.1) is 13.2 Å². The van der Waals surface area contributed by atoms with E-state index < -0.39 is 36.5 Å². The van der Waals surface area contributed by atoms with E-state index in [1.54, 1.807) is 31.2 Å². The Morgan fingerprint density at radius 1 is 0.903 bits per heavy atom. The van der Waals surface area contributed by atoms with E-state index >= 15 is 0 Å². The molecule has 1 aliphatic rings. The van der Waals surface area contributed by atoms with Crippen molar-refractivity contribution in [2.75, 3.05) is 0 Å². The van der Waals surface area contributed by atoms with Crippen LogP contribution in [-0.2, 0) is 9.31 Å². The first kappa shape index (κ1) is 24.0. The average Bonchev–Trinajstić information content (AvgIpc) is 2.85. The highest BCUT2D eigenvalue weighted by atomic mass is 35.5. The van der Waals surface area contributed by atoms with Gasteiger partial charge in [-0.3, -0.25) is 0 Å². The zero-order valence-corrected chi connectivity index (χ0v) is 19.2. The maximum absolute atomic E-state index is 13.1. The van der Waals surface area contributed by atoms with Gasteiger partial charge in [0.15, 0.2) is 11.5 Å². The number of benzene rings is 2. The van der Waals surface area contributed by atoms with Crippen LogP contribution in [0.2, 0.25) is 10.0 Å². The van der Waals surface area contributed by atoms with Gasteiger partial charge in [-0.05, 0) is 69.9 Å². The van der Waals surface area contributed by atoms with Crippen molar-refractivity contribution in [2.24, 2.45) is 0 Å². The summed E-state index contributed by atoms with van der Waals surface area (Å²) in [6.45, 7) is 9.11. The van der Waals surface area contributed by atoms with Crippen LogP contribution in [0.3, 0.4) is 0 Å². The zero-order chi connectivity index (χ0) is 23.2. The molecular weight excluding hydrogens is 455 g/mol. The van der Waals surface area contributed by atoms with Crippen molar-refractivity contribution in [3.05, 3.63) is 52.0 Å². The van der Waals surface area contributed by atoms with E-state index in [-0.39, 0.29) is 5.75 Å². The Balaban J connectivity index is 1.90. The lowest BCUT2D eigenvalue weighted by Gasteiger charge is -2.32. The van der Waals surface area contributed by atoms with Crippen LogP contribution in [0.4, 0.5) is 13.2 Å². The number of halogens is 5. The van der Waals surface area contributed by atoms with Crippen LogP contribution in [0.15, 0.2) is 36.4 Å². The molecule has 31 heavy (non-hydrogen) atoms. The number of rotatable bonds is 5. The maximum atomic E-state index is 13.1. The predicted molar refractivity (Wildman–Crippen MR) is 114 cm³/mol. The normalized spacial score (nSPS) is 18.7. The second-order valence-electron chi connectivity index (χ2n) is 8.28. The Morgan fingerprint density at radius 3 is 2.06 bits per heavy atom. The average molecular weight is 477 g/mol. The fraction of sp³-hybridized carbons (Fsp3) is 0.429. The molecule has 2 aromatic rings. The fourth-order valence-corrected chi connectivity index (χ4v) is 3.28. The van der Waals surface area contributed by atoms with E-state index in [0.717, 1.165) is 0 Å². The quantitative estimate of drug-likeness (QED) is 0.472. The van der Waals surface area contributed by atoms with Crippen LogP contribution in [0, 0.1) is 0 Å². The van der Waals surface area contributed by atoms with E-state index in [2.05, 4.69) is 4.74 Å². The Bertz CT molecular complexity index is 950. The van der Waals surface area contributed by atoms with Gasteiger partial charge in [-0.2, -0.15) is 0 Å². The van der Waals surface area contributed by atoms with E-state index in [1.165, 1.54) is 12.1 Å². The number of hydrogen-bond acceptors (Lipinski definition) is 4. The van der Waals surface area contributed by atoms with E-state index in [0.29, 0.717) is 21.1 Å². The van der Waals surface area contributed by atoms with Gasteiger partial charge in [0.1, 0.15) is 6.10 Å². The smallest absolute Gasteiger partial charge is 0.482 e. The van der Waals surface area contributed by atoms with Crippen molar-refractivity contribution in [3.63, 3.8) is 0 Å². The van der Waals surface area contributed by atoms with Gasteiger partial charge in [0.2, 0.25) is 0 Å². The lowest BCUT2D eigenvalue weighted by molar-refractivity contribution is -0.275. The lowest BCUT2D eigenvalue weighted by atomic mass is 9.79. The Morgan fingerprint density at radius 2 is 1.52 bits per heavy atom. The highest BCUT2D eigenvalue weighted by Crippen LogP contribution is 2.39. The zero-order valence-electron chi connectivity index (χ0n) is 17.6. The SMILES string of the molecule is CC(Oc1ccc(B2OC(C)(C)C(C)(C)O2)cc1OC(F)(F)F)c1ccc(Cl)c(Cl)c1. The van der Waals surface area contributed by atoms with Gasteiger partial charge >= 0.3 is 13.5 Å². The second kappa shape index (κ2) is 8.39. The number of hydrogen-bond donors (Lipinski definition) is 0. The van der Waals surface area contributed by atoms with Gasteiger partial charge in [0.25, 0.3) is 0 Å². The first-order valence-electron chi connectivity index (χ1n) is 9.55. The van der Waals surface area contributed by atoms with Crippen LogP contribution in [-0.4, -0.2) is 24.7 Å². The monoisotopic (exact) mass is 476 g/mol. The van der Waals surface area contributed by atoms with Crippen LogP contribution < -0.4 is 14.9 Å². The molecule has 0 spiro atoms. The summed E-state index contributed by atoms with van der Waals surface area (Å²) in [5.41, 5.74) is -0.254. The summed E-state index contributed by atoms with van der Waals surface area (Å²) in [7, 11) is -0.845. The standard InChI is InChI=1S/C21H22BCl2F3O4/c1-12(13-6-8-15(23)16(24)10-13)28-17-9-7-14(11-18(17)29-21(25,26)27)22-30-19(2,3)20(4,5)31-22/h6-12H,1-5H3. The van der Waals surface area contributed by atoms with Crippen LogP contribution in [0.25, 0.3) is 0 Å². The highest BCUT2D eigenvalue weighted by molar-refractivity contribution is 6.62. The van der Waals surface area contributed by atoms with E-state index in [1.807, 2.05) is 27.7 Å². The third kappa shape index (κ3) is 5.42. The van der Waals surface area contributed by atoms with Gasteiger partial charge in [0.05, 0.1) is 21.2 Å². The summed E-state index contributed by atoms with van der Waals surface area (Å²) in [6.07, 6.45) is -5.52. The molecule has 1 saturated heterocycles. The molecule has 1 fully saturated rings. The first-order valence-corrected chi connectivity index (χ1v) is 10.3. The van der Waals surface area contributed by atoms with Crippen molar-refractivity contribution >= 4 is 35.8 Å². The predicted octanol–water partition coefficient (Wildman–Crippen LogP) is 6.33. The molecule has 168 valence electrons. The summed E-state index contributed by atoms with van der Waals surface area (Å²) in [6, 6.07) is 9.07. The molecule has 3 rings (SSSR count). The molecule has 2 aromatic carbocycles. The van der Waals surface area contributed by atoms with E-state index in [4.69, 9.17) is 37.2 Å². The van der Waals surface area contributed by atoms with Gasteiger partial charge in [0, 0.05) is 0 Å². The molecule has 0 aliphatic carbocycles. The maximum Gasteiger partial charge on any atom is 0.573 e. The number of ether oxygens (including phenoxy) is 2. The summed E-state index contributed by atoms with van der Waals surface area (Å²) >= 11 is 12.0. The van der Waals surface area contributed by atoms with Crippen molar-refractivity contribution < 1.29 is 32.0 Å². The fourth-order valence-electron chi connectivity index (χ4n) is 2.98. The third-order valence-electron chi connectivity index (χ3n) is 5.44. The molecule has 10 heteroatoms. The van der Waals surface area contributed by atoms with Crippen LogP contribution in [0.1, 0.15) is 46.3 Å². The van der Waals surface area contributed by atoms with Gasteiger partial charge in [-0.1, -0.05) is 35.3 Å². The van der Waals surface area contributed by atoms with Crippen LogP contribution >= 0.6 is 23.2 Å². The molecule has 0 aromatic heterocycles. The molecule has 4 nitrogen and oxygen atoms in total. The van der Waals surface area contributed by atoms with Crippen LogP contribution in [0.5, 0.6) is 11.5 Å². The summed E-state index contributed by atoms with van der Waals surface area (Å²) in [4.78, 5) is 0. The largest absolute Gasteiger partial charge is 0.573 e. The molecule has 0 saturated carbocycles. The Hall–Kier alpha value is -1.61. The minimum atomic E-state index is -4.90. The van der Waals surface area contributed by atoms with Crippen molar-refractivity contribution in [1.29, 1.82) is 0 Å². The molecule has 1 atom stereocenters. The molecular formula is C21H22BCl2F3O4. The summed E-state index contributed by atoms with van der Waals surface area (Å²) < 4.78 is 61.0. The van der Waals surface area contributed by atoms with Gasteiger partial charge < -0.3 is 18.8 Å². The minimum Gasteiger partial charge on any atom is -0.482 e. The number of alkyl halides is 3. The highest BCUT2D eigenvalue weighted by Gasteiger charge is 2.52. The minimum absolute atomic E-state index is 0.0869. The molecule has 1 aliphatic heterocycles. The van der Waals surface area contributed by atoms with Gasteiger partial charge in [-0.25, -0.2) is 0 Å². The lowest BCUT2D eigenvalue weighted by Crippen LogP contribution is -2.41. The van der Waals surface area contributed by atoms with Crippen molar-refractivity contribution in [1.82, 2.24) is 0 Å². The molecule has 1 unspecified atom stereocenters. The summed E-state index contributed by atoms with van der Waals surface area (Å²) in [5, 5.41) is 0.683. The Kier molecular flexibility index (Phi) is 6.51. The van der Waals surface area contributed by atoms with E-state index in [9.17, 15) is 13.2 Å². The molecule has 0 bridgehead atoms. The molecule has 0 amide bonds. The van der Waals surface area contributed by atoms with Crippen molar-refractivity contribution in [3.8, 4) is 11.5 Å². The van der Waals surface area contributed by atoms with Crippen molar-refractivity contribution in [2.45, 2.75) is 58.3 Å². The first-order chi connectivity index (χ1) is 14.2. The second-order valence-corrected chi connectivity index (χ2v) is 9.09. The third-order valence-corrected chi connectivity index (χ3v) is 6.17. The molecule has 1 heterocycles. The topological polar surface area (TPSA) is 36.9 Å². The molecule has 0 radical (unpaired) electrons. The Labute approximate surface area is 189 Å². The summed E-state index contributed by atoms with van der Waals surface area (Å²) in [5.74, 6) is -0.581.